The molecule has 0 aliphatic heterocycles. The molecule has 0 saturated carbocycles. The molecule has 1 N–H and O–H groups in total. The summed E-state index contributed by atoms with van der Waals surface area (Å²) in [5.41, 5.74) is 1.73. The fourth-order valence-electron chi connectivity index (χ4n) is 3.71. The maximum absolute atomic E-state index is 13.7. The average Bonchev–Trinajstić information content (AvgIpc) is 2.83. The zero-order chi connectivity index (χ0) is 26.3. The lowest BCUT2D eigenvalue weighted by Crippen LogP contribution is -2.51. The number of amides is 2. The van der Waals surface area contributed by atoms with Crippen LogP contribution in [0.5, 0.6) is 0 Å². The van der Waals surface area contributed by atoms with Gasteiger partial charge in [-0.25, -0.2) is 0 Å². The molecule has 2 amide bonds. The number of rotatable bonds is 7. The molecule has 186 valence electrons. The molecule has 3 rings (SSSR count). The largest absolute Gasteiger partial charge is 0.349 e. The number of hydrogen-bond donors (Lipinski definition) is 1. The second-order valence-electron chi connectivity index (χ2n) is 9.67. The molecule has 0 radical (unpaired) electrons. The number of para-hydroxylation sites is 1. The van der Waals surface area contributed by atoms with E-state index in [0.717, 1.165) is 0 Å². The first-order valence-electron chi connectivity index (χ1n) is 11.8. The van der Waals surface area contributed by atoms with Gasteiger partial charge in [0.1, 0.15) is 12.1 Å². The van der Waals surface area contributed by atoms with E-state index in [0.29, 0.717) is 27.5 Å². The highest BCUT2D eigenvalue weighted by atomic mass is 35.5. The summed E-state index contributed by atoms with van der Waals surface area (Å²) in [6.07, 6.45) is 0. The number of aliphatic imine (C=N–C) groups is 2. The van der Waals surface area contributed by atoms with Crippen LogP contribution < -0.4 is 5.32 Å². The van der Waals surface area contributed by atoms with Crippen molar-refractivity contribution in [1.29, 1.82) is 0 Å². The van der Waals surface area contributed by atoms with Crippen molar-refractivity contribution in [3.8, 4) is 0 Å². The smallest absolute Gasteiger partial charge is 0.255 e. The van der Waals surface area contributed by atoms with Gasteiger partial charge < -0.3 is 10.2 Å². The topological polar surface area (TPSA) is 74.1 Å². The number of nitrogens with zero attached hydrogens (tertiary/aromatic N) is 3. The normalized spacial score (nSPS) is 11.9. The fraction of sp³-hybridized carbons (Fsp3) is 0.276. The van der Waals surface area contributed by atoms with Crippen molar-refractivity contribution >= 4 is 40.8 Å². The van der Waals surface area contributed by atoms with E-state index in [-0.39, 0.29) is 17.9 Å². The molecule has 0 fully saturated rings. The van der Waals surface area contributed by atoms with E-state index in [1.54, 1.807) is 59.5 Å². The van der Waals surface area contributed by atoms with Gasteiger partial charge in [-0.1, -0.05) is 48.0 Å². The number of carbonyl (C=O) groups is 2. The quantitative estimate of drug-likeness (QED) is 0.354. The second-order valence-corrected chi connectivity index (χ2v) is 10.1. The molecule has 3 aromatic carbocycles. The van der Waals surface area contributed by atoms with Crippen molar-refractivity contribution in [1.82, 2.24) is 10.2 Å². The Kier molecular flexibility index (Phi) is 8.81. The Morgan fingerprint density at radius 1 is 0.889 bits per heavy atom. The van der Waals surface area contributed by atoms with Gasteiger partial charge in [-0.05, 0) is 77.1 Å². The Labute approximate surface area is 217 Å². The summed E-state index contributed by atoms with van der Waals surface area (Å²) in [5.74, 6) is -0.536. The van der Waals surface area contributed by atoms with Crippen molar-refractivity contribution in [3.05, 3.63) is 95.0 Å². The standard InChI is InChI=1S/C29H31ClN4O2/c1-20(2)34(28(36)21-11-7-6-8-12-21)26(27(35)33-29(3,4)5)24-13-9-10-14-25(24)32-19-31-23-17-15-22(30)16-18-23/h6-18,20,26H,1-5H3,(H,33,35). The summed E-state index contributed by atoms with van der Waals surface area (Å²) >= 11 is 5.94. The molecule has 3 aromatic rings. The zero-order valence-electron chi connectivity index (χ0n) is 21.2. The summed E-state index contributed by atoms with van der Waals surface area (Å²) in [6, 6.07) is 24.7. The summed E-state index contributed by atoms with van der Waals surface area (Å²) < 4.78 is 0. The monoisotopic (exact) mass is 502 g/mol. The maximum atomic E-state index is 13.7. The molecule has 0 saturated heterocycles. The Morgan fingerprint density at radius 2 is 1.50 bits per heavy atom. The van der Waals surface area contributed by atoms with Crippen LogP contribution in [0.25, 0.3) is 0 Å². The van der Waals surface area contributed by atoms with Crippen LogP contribution in [-0.4, -0.2) is 34.3 Å². The van der Waals surface area contributed by atoms with Crippen LogP contribution in [0, 0.1) is 0 Å². The predicted octanol–water partition coefficient (Wildman–Crippen LogP) is 6.98. The van der Waals surface area contributed by atoms with Crippen molar-refractivity contribution < 1.29 is 9.59 Å². The number of carbonyl (C=O) groups excluding carboxylic acids is 2. The van der Waals surface area contributed by atoms with Crippen LogP contribution in [-0.2, 0) is 4.79 Å². The van der Waals surface area contributed by atoms with Gasteiger partial charge in [-0.3, -0.25) is 9.59 Å². The van der Waals surface area contributed by atoms with Crippen LogP contribution in [0.1, 0.15) is 56.6 Å². The molecule has 6 nitrogen and oxygen atoms in total. The molecule has 0 bridgehead atoms. The highest BCUT2D eigenvalue weighted by Gasteiger charge is 2.36. The van der Waals surface area contributed by atoms with Crippen LogP contribution in [0.2, 0.25) is 5.02 Å². The maximum Gasteiger partial charge on any atom is 0.255 e. The van der Waals surface area contributed by atoms with Crippen LogP contribution in [0.4, 0.5) is 11.4 Å². The minimum atomic E-state index is -0.922. The van der Waals surface area contributed by atoms with Crippen LogP contribution in [0.3, 0.4) is 0 Å². The second kappa shape index (κ2) is 11.8. The Morgan fingerprint density at radius 3 is 2.11 bits per heavy atom. The Hall–Kier alpha value is -3.73. The van der Waals surface area contributed by atoms with Crippen molar-refractivity contribution in [2.45, 2.75) is 52.2 Å². The van der Waals surface area contributed by atoms with Crippen molar-refractivity contribution in [2.75, 3.05) is 0 Å². The average molecular weight is 503 g/mol. The molecule has 1 atom stereocenters. The van der Waals surface area contributed by atoms with E-state index in [4.69, 9.17) is 11.6 Å². The van der Waals surface area contributed by atoms with E-state index >= 15 is 0 Å². The lowest BCUT2D eigenvalue weighted by molar-refractivity contribution is -0.128. The van der Waals surface area contributed by atoms with E-state index in [2.05, 4.69) is 21.3 Å². The Balaban J connectivity index is 2.11. The van der Waals surface area contributed by atoms with E-state index in [1.807, 2.05) is 58.9 Å². The highest BCUT2D eigenvalue weighted by Crippen LogP contribution is 2.33. The number of hydrogen-bond acceptors (Lipinski definition) is 4. The first-order valence-corrected chi connectivity index (χ1v) is 12.2. The van der Waals surface area contributed by atoms with Crippen molar-refractivity contribution in [2.24, 2.45) is 9.98 Å². The van der Waals surface area contributed by atoms with Gasteiger partial charge in [0, 0.05) is 27.7 Å². The van der Waals surface area contributed by atoms with Gasteiger partial charge in [0.05, 0.1) is 11.4 Å². The molecular weight excluding hydrogens is 472 g/mol. The zero-order valence-corrected chi connectivity index (χ0v) is 22.0. The van der Waals surface area contributed by atoms with Gasteiger partial charge in [-0.15, -0.1) is 0 Å². The summed E-state index contributed by atoms with van der Waals surface area (Å²) in [7, 11) is 0. The summed E-state index contributed by atoms with van der Waals surface area (Å²) in [6.45, 7) is 9.51. The lowest BCUT2D eigenvalue weighted by atomic mass is 9.98. The van der Waals surface area contributed by atoms with Gasteiger partial charge in [0.15, 0.2) is 0 Å². The lowest BCUT2D eigenvalue weighted by Gasteiger charge is -2.36. The highest BCUT2D eigenvalue weighted by molar-refractivity contribution is 6.30. The van der Waals surface area contributed by atoms with Gasteiger partial charge >= 0.3 is 0 Å². The van der Waals surface area contributed by atoms with Gasteiger partial charge in [-0.2, -0.15) is 9.98 Å². The van der Waals surface area contributed by atoms with E-state index in [1.165, 1.54) is 0 Å². The molecule has 1 unspecified atom stereocenters. The third kappa shape index (κ3) is 7.14. The molecule has 0 heterocycles. The fourth-order valence-corrected chi connectivity index (χ4v) is 3.83. The van der Waals surface area contributed by atoms with Crippen LogP contribution >= 0.6 is 11.6 Å². The van der Waals surface area contributed by atoms with Gasteiger partial charge in [0.25, 0.3) is 5.91 Å². The number of halogens is 1. The minimum Gasteiger partial charge on any atom is -0.349 e. The SMILES string of the molecule is CC(C)N(C(=O)c1ccccc1)C(C(=O)NC(C)(C)C)c1ccccc1N=C=Nc1ccc(Cl)cc1. The Bertz CT molecular complexity index is 1260. The number of nitrogens with one attached hydrogen (secondary N) is 1. The van der Waals surface area contributed by atoms with E-state index in [9.17, 15) is 9.59 Å². The molecule has 0 aromatic heterocycles. The van der Waals surface area contributed by atoms with Crippen LogP contribution in [0.15, 0.2) is 88.8 Å². The third-order valence-corrected chi connectivity index (χ3v) is 5.50. The molecular formula is C29H31ClN4O2. The molecule has 0 aliphatic rings. The molecule has 0 spiro atoms. The van der Waals surface area contributed by atoms with Crippen molar-refractivity contribution in [3.63, 3.8) is 0 Å². The molecule has 0 aliphatic carbocycles. The first-order chi connectivity index (χ1) is 17.1. The van der Waals surface area contributed by atoms with Gasteiger partial charge in [0.2, 0.25) is 5.91 Å². The summed E-state index contributed by atoms with van der Waals surface area (Å²) in [5, 5.41) is 3.65. The molecule has 36 heavy (non-hydrogen) atoms. The number of benzene rings is 3. The van der Waals surface area contributed by atoms with E-state index < -0.39 is 11.6 Å². The summed E-state index contributed by atoms with van der Waals surface area (Å²) in [4.78, 5) is 37.7. The third-order valence-electron chi connectivity index (χ3n) is 5.24. The molecule has 7 heteroatoms. The minimum absolute atomic E-state index is 0.242. The first kappa shape index (κ1) is 26.9. The predicted molar refractivity (Wildman–Crippen MR) is 145 cm³/mol.